The van der Waals surface area contributed by atoms with Crippen LogP contribution in [0.15, 0.2) is 49.1 Å². The molecule has 1 amide bonds. The molecule has 0 bridgehead atoms. The van der Waals surface area contributed by atoms with Gasteiger partial charge in [-0.15, -0.1) is 0 Å². The van der Waals surface area contributed by atoms with E-state index in [4.69, 9.17) is 11.5 Å². The molecule has 3 aromatic rings. The van der Waals surface area contributed by atoms with Gasteiger partial charge in [-0.25, -0.2) is 9.97 Å². The number of nitrogens with one attached hydrogen (secondary N) is 1. The molecule has 0 saturated carbocycles. The zero-order valence-corrected chi connectivity index (χ0v) is 12.2. The Morgan fingerprint density at radius 2 is 2.04 bits per heavy atom. The lowest BCUT2D eigenvalue weighted by Crippen LogP contribution is -2.16. The highest BCUT2D eigenvalue weighted by molar-refractivity contribution is 6.05. The molecular weight excluding hydrogens is 294 g/mol. The number of anilines is 3. The summed E-state index contributed by atoms with van der Waals surface area (Å²) in [5.74, 6) is -0.351. The highest BCUT2D eigenvalue weighted by Crippen LogP contribution is 2.12. The van der Waals surface area contributed by atoms with E-state index >= 15 is 0 Å². The lowest BCUT2D eigenvalue weighted by atomic mass is 10.2. The number of benzene rings is 1. The van der Waals surface area contributed by atoms with Crippen LogP contribution in [-0.2, 0) is 6.54 Å². The second-order valence-electron chi connectivity index (χ2n) is 4.92. The maximum atomic E-state index is 12.1. The predicted molar refractivity (Wildman–Crippen MR) is 86.6 cm³/mol. The van der Waals surface area contributed by atoms with Crippen molar-refractivity contribution in [2.45, 2.75) is 6.54 Å². The first-order chi connectivity index (χ1) is 11.1. The summed E-state index contributed by atoms with van der Waals surface area (Å²) in [7, 11) is 0. The fourth-order valence-corrected chi connectivity index (χ4v) is 2.11. The quantitative estimate of drug-likeness (QED) is 0.621. The molecule has 0 spiro atoms. The van der Waals surface area contributed by atoms with Crippen LogP contribution in [0.25, 0.3) is 0 Å². The van der Waals surface area contributed by atoms with E-state index in [2.05, 4.69) is 20.4 Å². The zero-order valence-electron chi connectivity index (χ0n) is 12.2. The van der Waals surface area contributed by atoms with Gasteiger partial charge in [0.25, 0.3) is 5.91 Å². The molecule has 0 radical (unpaired) electrons. The van der Waals surface area contributed by atoms with Crippen LogP contribution in [-0.4, -0.2) is 25.7 Å². The summed E-state index contributed by atoms with van der Waals surface area (Å²) in [6.07, 6.45) is 6.11. The third kappa shape index (κ3) is 3.43. The molecule has 116 valence electrons. The lowest BCUT2D eigenvalue weighted by Gasteiger charge is -2.04. The van der Waals surface area contributed by atoms with Gasteiger partial charge in [-0.3, -0.25) is 9.48 Å². The minimum Gasteiger partial charge on any atom is -0.399 e. The molecule has 8 heteroatoms. The van der Waals surface area contributed by atoms with Crippen LogP contribution in [0.3, 0.4) is 0 Å². The lowest BCUT2D eigenvalue weighted by molar-refractivity contribution is 0.102. The van der Waals surface area contributed by atoms with Gasteiger partial charge < -0.3 is 16.8 Å². The number of hydrogen-bond donors (Lipinski definition) is 3. The van der Waals surface area contributed by atoms with Crippen LogP contribution < -0.4 is 16.8 Å². The average Bonchev–Trinajstić information content (AvgIpc) is 2.94. The van der Waals surface area contributed by atoms with Crippen molar-refractivity contribution < 1.29 is 4.79 Å². The standard InChI is InChI=1S/C15H15N7O/c16-11-3-1-2-10(6-11)8-22-9-12(7-20-22)21-15(23)13-14(17)19-5-4-18-13/h1-7,9H,8,16H2,(H2,17,19)(H,21,23). The second kappa shape index (κ2) is 6.14. The van der Waals surface area contributed by atoms with Gasteiger partial charge in [0.15, 0.2) is 11.5 Å². The number of rotatable bonds is 4. The summed E-state index contributed by atoms with van der Waals surface area (Å²) in [6, 6.07) is 7.54. The summed E-state index contributed by atoms with van der Waals surface area (Å²) in [5.41, 5.74) is 13.7. The topological polar surface area (TPSA) is 125 Å². The van der Waals surface area contributed by atoms with Crippen molar-refractivity contribution in [1.82, 2.24) is 19.7 Å². The summed E-state index contributed by atoms with van der Waals surface area (Å²) in [6.45, 7) is 0.550. The molecule has 0 unspecified atom stereocenters. The number of nitrogen functional groups attached to an aromatic ring is 2. The van der Waals surface area contributed by atoms with Gasteiger partial charge in [-0.1, -0.05) is 12.1 Å². The Hall–Kier alpha value is -3.42. The number of hydrogen-bond acceptors (Lipinski definition) is 6. The number of aromatic nitrogens is 4. The summed E-state index contributed by atoms with van der Waals surface area (Å²) >= 11 is 0. The van der Waals surface area contributed by atoms with Crippen molar-refractivity contribution in [1.29, 1.82) is 0 Å². The van der Waals surface area contributed by atoms with Gasteiger partial charge in [-0.05, 0) is 17.7 Å². The molecule has 2 aromatic heterocycles. The average molecular weight is 309 g/mol. The van der Waals surface area contributed by atoms with E-state index in [0.29, 0.717) is 17.9 Å². The highest BCUT2D eigenvalue weighted by atomic mass is 16.1. The third-order valence-corrected chi connectivity index (χ3v) is 3.13. The largest absolute Gasteiger partial charge is 0.399 e. The molecule has 0 aliphatic carbocycles. The number of nitrogens with zero attached hydrogens (tertiary/aromatic N) is 4. The Morgan fingerprint density at radius 3 is 2.83 bits per heavy atom. The molecule has 0 saturated heterocycles. The summed E-state index contributed by atoms with van der Waals surface area (Å²) in [5, 5.41) is 6.89. The highest BCUT2D eigenvalue weighted by Gasteiger charge is 2.13. The second-order valence-corrected chi connectivity index (χ2v) is 4.92. The fourth-order valence-electron chi connectivity index (χ4n) is 2.11. The van der Waals surface area contributed by atoms with E-state index < -0.39 is 5.91 Å². The van der Waals surface area contributed by atoms with Gasteiger partial charge in [0.2, 0.25) is 0 Å². The van der Waals surface area contributed by atoms with Crippen molar-refractivity contribution in [3.63, 3.8) is 0 Å². The first-order valence-corrected chi connectivity index (χ1v) is 6.86. The molecule has 0 aliphatic heterocycles. The minimum absolute atomic E-state index is 0.0797. The third-order valence-electron chi connectivity index (χ3n) is 3.13. The van der Waals surface area contributed by atoms with Gasteiger partial charge in [0.05, 0.1) is 18.4 Å². The fraction of sp³-hybridized carbons (Fsp3) is 0.0667. The first kappa shape index (κ1) is 14.5. The Labute approximate surface area is 132 Å². The maximum absolute atomic E-state index is 12.1. The van der Waals surface area contributed by atoms with Crippen molar-refractivity contribution >= 4 is 23.1 Å². The van der Waals surface area contributed by atoms with Crippen LogP contribution in [0.1, 0.15) is 16.1 Å². The normalized spacial score (nSPS) is 10.4. The van der Waals surface area contributed by atoms with E-state index in [9.17, 15) is 4.79 Å². The predicted octanol–water partition coefficient (Wildman–Crippen LogP) is 1.14. The van der Waals surface area contributed by atoms with E-state index in [1.54, 1.807) is 17.1 Å². The number of carbonyl (C=O) groups is 1. The van der Waals surface area contributed by atoms with Crippen LogP contribution in [0, 0.1) is 0 Å². The molecule has 0 fully saturated rings. The number of amides is 1. The molecule has 0 atom stereocenters. The molecule has 8 nitrogen and oxygen atoms in total. The molecule has 1 aromatic carbocycles. The Morgan fingerprint density at radius 1 is 1.22 bits per heavy atom. The molecule has 2 heterocycles. The Bertz CT molecular complexity index is 843. The Balaban J connectivity index is 1.70. The van der Waals surface area contributed by atoms with Gasteiger partial charge in [-0.2, -0.15) is 5.10 Å². The van der Waals surface area contributed by atoms with E-state index in [1.807, 2.05) is 24.3 Å². The van der Waals surface area contributed by atoms with Crippen molar-refractivity contribution in [2.24, 2.45) is 0 Å². The molecule has 0 aliphatic rings. The maximum Gasteiger partial charge on any atom is 0.278 e. The zero-order chi connectivity index (χ0) is 16.2. The van der Waals surface area contributed by atoms with Gasteiger partial charge in [0, 0.05) is 24.3 Å². The smallest absolute Gasteiger partial charge is 0.278 e. The molecule has 5 N–H and O–H groups in total. The van der Waals surface area contributed by atoms with Gasteiger partial charge in [0.1, 0.15) is 0 Å². The summed E-state index contributed by atoms with van der Waals surface area (Å²) in [4.78, 5) is 19.9. The molecular formula is C15H15N7O. The van der Waals surface area contributed by atoms with E-state index in [-0.39, 0.29) is 11.5 Å². The molecule has 3 rings (SSSR count). The van der Waals surface area contributed by atoms with Crippen LogP contribution >= 0.6 is 0 Å². The minimum atomic E-state index is -0.431. The SMILES string of the molecule is Nc1cccc(Cn2cc(NC(=O)c3nccnc3N)cn2)c1. The van der Waals surface area contributed by atoms with E-state index in [0.717, 1.165) is 5.56 Å². The van der Waals surface area contributed by atoms with E-state index in [1.165, 1.54) is 12.4 Å². The van der Waals surface area contributed by atoms with Crippen molar-refractivity contribution in [3.05, 3.63) is 60.3 Å². The summed E-state index contributed by atoms with van der Waals surface area (Å²) < 4.78 is 1.70. The number of nitrogens with two attached hydrogens (primary N) is 2. The van der Waals surface area contributed by atoms with Crippen molar-refractivity contribution in [2.75, 3.05) is 16.8 Å². The van der Waals surface area contributed by atoms with Gasteiger partial charge >= 0.3 is 0 Å². The monoisotopic (exact) mass is 309 g/mol. The van der Waals surface area contributed by atoms with Crippen LogP contribution in [0.4, 0.5) is 17.2 Å². The van der Waals surface area contributed by atoms with Crippen LogP contribution in [0.5, 0.6) is 0 Å². The number of carbonyl (C=O) groups excluding carboxylic acids is 1. The Kier molecular flexibility index (Phi) is 3.88. The van der Waals surface area contributed by atoms with Crippen molar-refractivity contribution in [3.8, 4) is 0 Å². The van der Waals surface area contributed by atoms with Crippen LogP contribution in [0.2, 0.25) is 0 Å². The first-order valence-electron chi connectivity index (χ1n) is 6.86. The molecule has 23 heavy (non-hydrogen) atoms.